The predicted molar refractivity (Wildman–Crippen MR) is 94.7 cm³/mol. The lowest BCUT2D eigenvalue weighted by molar-refractivity contribution is -0.131. The highest BCUT2D eigenvalue weighted by atomic mass is 35.5. The molecule has 1 heterocycles. The van der Waals surface area contributed by atoms with Gasteiger partial charge in [-0.15, -0.1) is 0 Å². The SMILES string of the molecule is O=C(Cc1ccccc1Cl)N1CCCC1CCc1ccccc1. The molecule has 2 aromatic carbocycles. The molecule has 1 aliphatic rings. The van der Waals surface area contributed by atoms with Gasteiger partial charge in [0.05, 0.1) is 6.42 Å². The molecule has 1 aliphatic heterocycles. The Morgan fingerprint density at radius 2 is 1.83 bits per heavy atom. The predicted octanol–water partition coefficient (Wildman–Crippen LogP) is 4.51. The van der Waals surface area contributed by atoms with Crippen molar-refractivity contribution in [2.75, 3.05) is 6.54 Å². The van der Waals surface area contributed by atoms with Gasteiger partial charge in [-0.05, 0) is 42.9 Å². The molecule has 1 saturated heterocycles. The summed E-state index contributed by atoms with van der Waals surface area (Å²) >= 11 is 6.18. The molecule has 2 aromatic rings. The van der Waals surface area contributed by atoms with Crippen LogP contribution in [0.15, 0.2) is 54.6 Å². The van der Waals surface area contributed by atoms with E-state index in [4.69, 9.17) is 11.6 Å². The van der Waals surface area contributed by atoms with Crippen molar-refractivity contribution in [2.45, 2.75) is 38.1 Å². The van der Waals surface area contributed by atoms with Crippen molar-refractivity contribution in [1.82, 2.24) is 4.90 Å². The van der Waals surface area contributed by atoms with Crippen molar-refractivity contribution in [2.24, 2.45) is 0 Å². The molecule has 0 N–H and O–H groups in total. The first-order valence-electron chi connectivity index (χ1n) is 8.31. The summed E-state index contributed by atoms with van der Waals surface area (Å²) in [4.78, 5) is 14.7. The minimum Gasteiger partial charge on any atom is -0.339 e. The van der Waals surface area contributed by atoms with Crippen molar-refractivity contribution in [3.05, 3.63) is 70.7 Å². The second-order valence-electron chi connectivity index (χ2n) is 6.18. The van der Waals surface area contributed by atoms with E-state index < -0.39 is 0 Å². The van der Waals surface area contributed by atoms with E-state index in [0.29, 0.717) is 17.5 Å². The third-order valence-electron chi connectivity index (χ3n) is 4.61. The van der Waals surface area contributed by atoms with E-state index >= 15 is 0 Å². The number of aryl methyl sites for hydroxylation is 1. The number of carbonyl (C=O) groups excluding carboxylic acids is 1. The summed E-state index contributed by atoms with van der Waals surface area (Å²) in [6.45, 7) is 0.878. The van der Waals surface area contributed by atoms with Crippen molar-refractivity contribution in [3.8, 4) is 0 Å². The first-order chi connectivity index (χ1) is 11.2. The molecule has 1 unspecified atom stereocenters. The van der Waals surface area contributed by atoms with Gasteiger partial charge in [0.1, 0.15) is 0 Å². The van der Waals surface area contributed by atoms with Gasteiger partial charge in [-0.2, -0.15) is 0 Å². The Hall–Kier alpha value is -1.80. The van der Waals surface area contributed by atoms with E-state index in [2.05, 4.69) is 29.2 Å². The minimum atomic E-state index is 0.202. The van der Waals surface area contributed by atoms with Crippen LogP contribution in [0.5, 0.6) is 0 Å². The second kappa shape index (κ2) is 7.65. The molecule has 0 aromatic heterocycles. The lowest BCUT2D eigenvalue weighted by Gasteiger charge is -2.25. The standard InChI is InChI=1S/C20H22ClNO/c21-19-11-5-4-9-17(19)15-20(23)22-14-6-10-18(22)13-12-16-7-2-1-3-8-16/h1-5,7-9,11,18H,6,10,12-15H2. The van der Waals surface area contributed by atoms with Gasteiger partial charge in [0.15, 0.2) is 0 Å². The summed E-state index contributed by atoms with van der Waals surface area (Å²) < 4.78 is 0. The van der Waals surface area contributed by atoms with Crippen molar-refractivity contribution in [1.29, 1.82) is 0 Å². The van der Waals surface area contributed by atoms with E-state index in [0.717, 1.165) is 37.8 Å². The molecular weight excluding hydrogens is 306 g/mol. The zero-order valence-corrected chi connectivity index (χ0v) is 14.0. The number of nitrogens with zero attached hydrogens (tertiary/aromatic N) is 1. The van der Waals surface area contributed by atoms with Crippen molar-refractivity contribution >= 4 is 17.5 Å². The normalized spacial score (nSPS) is 17.4. The summed E-state index contributed by atoms with van der Waals surface area (Å²) in [5.74, 6) is 0.202. The summed E-state index contributed by atoms with van der Waals surface area (Å²) in [6, 6.07) is 18.5. The van der Waals surface area contributed by atoms with Crippen molar-refractivity contribution in [3.63, 3.8) is 0 Å². The van der Waals surface area contributed by atoms with Crippen LogP contribution >= 0.6 is 11.6 Å². The average molecular weight is 328 g/mol. The fraction of sp³-hybridized carbons (Fsp3) is 0.350. The van der Waals surface area contributed by atoms with E-state index in [9.17, 15) is 4.79 Å². The molecule has 0 saturated carbocycles. The third-order valence-corrected chi connectivity index (χ3v) is 4.97. The molecule has 120 valence electrons. The summed E-state index contributed by atoms with van der Waals surface area (Å²) in [5.41, 5.74) is 2.27. The Labute approximate surface area is 143 Å². The van der Waals surface area contributed by atoms with Crippen LogP contribution < -0.4 is 0 Å². The zero-order valence-electron chi connectivity index (χ0n) is 13.2. The van der Waals surface area contributed by atoms with Crippen LogP contribution in [0, 0.1) is 0 Å². The van der Waals surface area contributed by atoms with Gasteiger partial charge in [0.2, 0.25) is 5.91 Å². The number of likely N-dealkylation sites (tertiary alicyclic amines) is 1. The molecule has 23 heavy (non-hydrogen) atoms. The number of amides is 1. The van der Waals surface area contributed by atoms with Gasteiger partial charge < -0.3 is 4.90 Å². The number of benzene rings is 2. The van der Waals surface area contributed by atoms with Gasteiger partial charge in [0, 0.05) is 17.6 Å². The maximum atomic E-state index is 12.7. The second-order valence-corrected chi connectivity index (χ2v) is 6.58. The largest absolute Gasteiger partial charge is 0.339 e. The maximum absolute atomic E-state index is 12.7. The highest BCUT2D eigenvalue weighted by Gasteiger charge is 2.28. The third kappa shape index (κ3) is 4.14. The molecule has 3 heteroatoms. The number of rotatable bonds is 5. The van der Waals surface area contributed by atoms with Crippen LogP contribution in [0.4, 0.5) is 0 Å². The average Bonchev–Trinajstić information content (AvgIpc) is 3.05. The topological polar surface area (TPSA) is 20.3 Å². The van der Waals surface area contributed by atoms with Gasteiger partial charge in [-0.1, -0.05) is 60.1 Å². The molecule has 0 bridgehead atoms. The maximum Gasteiger partial charge on any atom is 0.227 e. The Kier molecular flexibility index (Phi) is 5.35. The molecule has 1 atom stereocenters. The van der Waals surface area contributed by atoms with Gasteiger partial charge in [-0.25, -0.2) is 0 Å². The molecule has 0 spiro atoms. The number of carbonyl (C=O) groups is 1. The zero-order chi connectivity index (χ0) is 16.1. The first kappa shape index (κ1) is 16.1. The smallest absolute Gasteiger partial charge is 0.227 e. The molecule has 1 fully saturated rings. The van der Waals surface area contributed by atoms with Crippen LogP contribution in [0.1, 0.15) is 30.4 Å². The van der Waals surface area contributed by atoms with E-state index in [1.807, 2.05) is 30.3 Å². The van der Waals surface area contributed by atoms with Gasteiger partial charge in [-0.3, -0.25) is 4.79 Å². The van der Waals surface area contributed by atoms with E-state index in [-0.39, 0.29) is 5.91 Å². The lowest BCUT2D eigenvalue weighted by Crippen LogP contribution is -2.36. The Morgan fingerprint density at radius 3 is 2.61 bits per heavy atom. The monoisotopic (exact) mass is 327 g/mol. The molecule has 0 radical (unpaired) electrons. The van der Waals surface area contributed by atoms with Crippen LogP contribution in [0.3, 0.4) is 0 Å². The summed E-state index contributed by atoms with van der Waals surface area (Å²) in [5, 5.41) is 0.681. The number of hydrogen-bond donors (Lipinski definition) is 0. The van der Waals surface area contributed by atoms with Crippen LogP contribution in [-0.2, 0) is 17.6 Å². The highest BCUT2D eigenvalue weighted by Crippen LogP contribution is 2.24. The summed E-state index contributed by atoms with van der Waals surface area (Å²) in [6.07, 6.45) is 4.69. The fourth-order valence-electron chi connectivity index (χ4n) is 3.35. The van der Waals surface area contributed by atoms with Gasteiger partial charge in [0.25, 0.3) is 0 Å². The van der Waals surface area contributed by atoms with E-state index in [1.165, 1.54) is 5.56 Å². The fourth-order valence-corrected chi connectivity index (χ4v) is 3.55. The first-order valence-corrected chi connectivity index (χ1v) is 8.68. The van der Waals surface area contributed by atoms with Crippen LogP contribution in [0.25, 0.3) is 0 Å². The molecule has 1 amide bonds. The van der Waals surface area contributed by atoms with Crippen LogP contribution in [0.2, 0.25) is 5.02 Å². The lowest BCUT2D eigenvalue weighted by atomic mass is 10.0. The Bertz CT molecular complexity index is 656. The highest BCUT2D eigenvalue weighted by molar-refractivity contribution is 6.31. The van der Waals surface area contributed by atoms with E-state index in [1.54, 1.807) is 0 Å². The number of halogens is 1. The Balaban J connectivity index is 1.60. The molecule has 2 nitrogen and oxygen atoms in total. The van der Waals surface area contributed by atoms with Crippen molar-refractivity contribution < 1.29 is 4.79 Å². The minimum absolute atomic E-state index is 0.202. The summed E-state index contributed by atoms with van der Waals surface area (Å²) in [7, 11) is 0. The molecular formula is C20H22ClNO. The molecule has 0 aliphatic carbocycles. The number of hydrogen-bond acceptors (Lipinski definition) is 1. The quantitative estimate of drug-likeness (QED) is 0.791. The Morgan fingerprint density at radius 1 is 1.09 bits per heavy atom. The van der Waals surface area contributed by atoms with Gasteiger partial charge >= 0.3 is 0 Å². The molecule has 3 rings (SSSR count). The van der Waals surface area contributed by atoms with Crippen LogP contribution in [-0.4, -0.2) is 23.4 Å².